The monoisotopic (exact) mass is 585 g/mol. The molecule has 0 aliphatic carbocycles. The maximum absolute atomic E-state index is 13.9. The third-order valence-electron chi connectivity index (χ3n) is 6.38. The molecule has 0 saturated heterocycles. The van der Waals surface area contributed by atoms with E-state index in [0.717, 1.165) is 16.4 Å². The zero-order valence-corrected chi connectivity index (χ0v) is 24.7. The Balaban J connectivity index is 2.02. The molecule has 1 atom stereocenters. The summed E-state index contributed by atoms with van der Waals surface area (Å²) in [4.78, 5) is 28.2. The van der Waals surface area contributed by atoms with Crippen molar-refractivity contribution in [2.75, 3.05) is 31.6 Å². The summed E-state index contributed by atoms with van der Waals surface area (Å²) >= 11 is 0. The van der Waals surface area contributed by atoms with E-state index in [9.17, 15) is 22.4 Å². The van der Waals surface area contributed by atoms with Gasteiger partial charge in [-0.2, -0.15) is 0 Å². The third kappa shape index (κ3) is 8.20. The number of nitrogens with zero attached hydrogens (tertiary/aromatic N) is 2. The minimum Gasteiger partial charge on any atom is -0.497 e. The maximum Gasteiger partial charge on any atom is 0.264 e. The number of methoxy groups -OCH3 is 2. The second kappa shape index (κ2) is 14.0. The molecule has 3 rings (SSSR count). The van der Waals surface area contributed by atoms with Gasteiger partial charge in [-0.25, -0.2) is 12.8 Å². The topological polar surface area (TPSA) is 105 Å². The lowest BCUT2D eigenvalue weighted by atomic mass is 10.1. The van der Waals surface area contributed by atoms with Crippen molar-refractivity contribution in [2.24, 2.45) is 5.92 Å². The van der Waals surface area contributed by atoms with E-state index in [1.165, 1.54) is 55.5 Å². The van der Waals surface area contributed by atoms with E-state index in [4.69, 9.17) is 9.47 Å². The highest BCUT2D eigenvalue weighted by Crippen LogP contribution is 2.26. The molecule has 11 heteroatoms. The summed E-state index contributed by atoms with van der Waals surface area (Å²) in [5.74, 6) is -0.335. The molecule has 0 fully saturated rings. The van der Waals surface area contributed by atoms with Crippen molar-refractivity contribution in [1.82, 2.24) is 10.2 Å². The molecule has 9 nitrogen and oxygen atoms in total. The van der Waals surface area contributed by atoms with Gasteiger partial charge in [0, 0.05) is 13.1 Å². The van der Waals surface area contributed by atoms with Crippen LogP contribution >= 0.6 is 0 Å². The van der Waals surface area contributed by atoms with Crippen LogP contribution in [0.5, 0.6) is 11.5 Å². The fourth-order valence-corrected chi connectivity index (χ4v) is 5.43. The van der Waals surface area contributed by atoms with Gasteiger partial charge in [0.1, 0.15) is 29.9 Å². The van der Waals surface area contributed by atoms with Crippen LogP contribution in [0.2, 0.25) is 0 Å². The largest absolute Gasteiger partial charge is 0.497 e. The Hall–Kier alpha value is -4.12. The zero-order valence-electron chi connectivity index (χ0n) is 23.8. The summed E-state index contributed by atoms with van der Waals surface area (Å²) in [6, 6.07) is 16.6. The first-order valence-corrected chi connectivity index (χ1v) is 14.5. The summed E-state index contributed by atoms with van der Waals surface area (Å²) in [7, 11) is -1.30. The molecule has 2 amide bonds. The average molecular weight is 586 g/mol. The zero-order chi connectivity index (χ0) is 30.2. The van der Waals surface area contributed by atoms with Crippen LogP contribution in [0, 0.1) is 11.7 Å². The molecule has 0 bridgehead atoms. The van der Waals surface area contributed by atoms with Gasteiger partial charge < -0.3 is 19.7 Å². The molecule has 0 saturated carbocycles. The fourth-order valence-electron chi connectivity index (χ4n) is 4.01. The molecular formula is C30H36FN3O6S. The molecule has 0 aromatic heterocycles. The van der Waals surface area contributed by atoms with Gasteiger partial charge in [-0.05, 0) is 79.1 Å². The molecule has 0 aliphatic heterocycles. The molecule has 0 aliphatic rings. The minimum absolute atomic E-state index is 0.0200. The number of carbonyl (C=O) groups is 2. The minimum atomic E-state index is -4.28. The average Bonchev–Trinajstić information content (AvgIpc) is 2.97. The Bertz CT molecular complexity index is 1430. The van der Waals surface area contributed by atoms with E-state index in [-0.39, 0.29) is 29.0 Å². The Morgan fingerprint density at radius 3 is 2.12 bits per heavy atom. The predicted molar refractivity (Wildman–Crippen MR) is 155 cm³/mol. The number of hydrogen-bond donors (Lipinski definition) is 1. The van der Waals surface area contributed by atoms with E-state index < -0.39 is 34.3 Å². The Morgan fingerprint density at radius 1 is 0.902 bits per heavy atom. The van der Waals surface area contributed by atoms with Gasteiger partial charge in [-0.1, -0.05) is 26.0 Å². The highest BCUT2D eigenvalue weighted by molar-refractivity contribution is 7.92. The number of amides is 2. The standard InChI is InChI=1S/C30H36FN3O6S/c1-21(2)18-32-30(36)22(3)33(19-23-7-6-8-27(17-23)40-5)29(35)20-34(25-11-9-24(31)10-12-25)41(37,38)28-15-13-26(39-4)14-16-28/h6-17,21-22H,18-20H2,1-5H3,(H,32,36). The number of halogens is 1. The van der Waals surface area contributed by atoms with E-state index in [1.807, 2.05) is 13.8 Å². The Morgan fingerprint density at radius 2 is 1.54 bits per heavy atom. The van der Waals surface area contributed by atoms with Crippen molar-refractivity contribution in [1.29, 1.82) is 0 Å². The van der Waals surface area contributed by atoms with Gasteiger partial charge in [0.05, 0.1) is 24.8 Å². The van der Waals surface area contributed by atoms with E-state index in [1.54, 1.807) is 31.2 Å². The van der Waals surface area contributed by atoms with Crippen molar-refractivity contribution in [3.05, 3.63) is 84.2 Å². The molecule has 1 unspecified atom stereocenters. The van der Waals surface area contributed by atoms with Crippen LogP contribution in [-0.2, 0) is 26.2 Å². The van der Waals surface area contributed by atoms with E-state index in [0.29, 0.717) is 23.6 Å². The second-order valence-corrected chi connectivity index (χ2v) is 11.7. The van der Waals surface area contributed by atoms with Gasteiger partial charge in [0.25, 0.3) is 10.0 Å². The van der Waals surface area contributed by atoms with Crippen molar-refractivity contribution >= 4 is 27.5 Å². The molecular weight excluding hydrogens is 549 g/mol. The normalized spacial score (nSPS) is 12.0. The third-order valence-corrected chi connectivity index (χ3v) is 8.17. The Labute approximate surface area is 240 Å². The first-order valence-electron chi connectivity index (χ1n) is 13.1. The van der Waals surface area contributed by atoms with E-state index in [2.05, 4.69) is 5.32 Å². The lowest BCUT2D eigenvalue weighted by molar-refractivity contribution is -0.139. The molecule has 3 aromatic rings. The number of ether oxygens (including phenoxy) is 2. The molecule has 41 heavy (non-hydrogen) atoms. The number of carbonyl (C=O) groups excluding carboxylic acids is 2. The van der Waals surface area contributed by atoms with Crippen LogP contribution in [0.4, 0.5) is 10.1 Å². The van der Waals surface area contributed by atoms with Gasteiger partial charge in [-0.3, -0.25) is 13.9 Å². The summed E-state index contributed by atoms with van der Waals surface area (Å²) in [5, 5.41) is 2.84. The fraction of sp³-hybridized carbons (Fsp3) is 0.333. The number of rotatable bonds is 13. The lowest BCUT2D eigenvalue weighted by Gasteiger charge is -2.32. The second-order valence-electron chi connectivity index (χ2n) is 9.85. The van der Waals surface area contributed by atoms with Crippen LogP contribution in [-0.4, -0.2) is 58.5 Å². The predicted octanol–water partition coefficient (Wildman–Crippen LogP) is 4.23. The number of anilines is 1. The maximum atomic E-state index is 13.9. The first kappa shape index (κ1) is 31.4. The highest BCUT2D eigenvalue weighted by atomic mass is 32.2. The van der Waals surface area contributed by atoms with Crippen molar-refractivity contribution < 1.29 is 31.9 Å². The lowest BCUT2D eigenvalue weighted by Crippen LogP contribution is -2.51. The van der Waals surface area contributed by atoms with Crippen molar-refractivity contribution in [2.45, 2.75) is 38.3 Å². The smallest absolute Gasteiger partial charge is 0.264 e. The summed E-state index contributed by atoms with van der Waals surface area (Å²) in [6.07, 6.45) is 0. The van der Waals surface area contributed by atoms with Crippen LogP contribution < -0.4 is 19.1 Å². The number of hydrogen-bond acceptors (Lipinski definition) is 6. The summed E-state index contributed by atoms with van der Waals surface area (Å²) in [5.41, 5.74) is 0.779. The molecule has 220 valence electrons. The van der Waals surface area contributed by atoms with Gasteiger partial charge >= 0.3 is 0 Å². The van der Waals surface area contributed by atoms with Crippen LogP contribution in [0.15, 0.2) is 77.7 Å². The van der Waals surface area contributed by atoms with Gasteiger partial charge in [0.15, 0.2) is 0 Å². The van der Waals surface area contributed by atoms with E-state index >= 15 is 0 Å². The molecule has 1 N–H and O–H groups in total. The summed E-state index contributed by atoms with van der Waals surface area (Å²) < 4.78 is 52.8. The molecule has 0 radical (unpaired) electrons. The summed E-state index contributed by atoms with van der Waals surface area (Å²) in [6.45, 7) is 5.30. The SMILES string of the molecule is COc1ccc(S(=O)(=O)N(CC(=O)N(Cc2cccc(OC)c2)C(C)C(=O)NCC(C)C)c2ccc(F)cc2)cc1. The van der Waals surface area contributed by atoms with Crippen LogP contribution in [0.3, 0.4) is 0 Å². The Kier molecular flexibility index (Phi) is 10.7. The number of sulfonamides is 1. The molecule has 0 heterocycles. The molecule has 3 aromatic carbocycles. The van der Waals surface area contributed by atoms with Gasteiger partial charge in [0.2, 0.25) is 11.8 Å². The quantitative estimate of drug-likeness (QED) is 0.322. The number of nitrogens with one attached hydrogen (secondary N) is 1. The number of benzene rings is 3. The first-order chi connectivity index (χ1) is 19.5. The van der Waals surface area contributed by atoms with Crippen molar-refractivity contribution in [3.8, 4) is 11.5 Å². The van der Waals surface area contributed by atoms with Crippen molar-refractivity contribution in [3.63, 3.8) is 0 Å². The van der Waals surface area contributed by atoms with Gasteiger partial charge in [-0.15, -0.1) is 0 Å². The molecule has 0 spiro atoms. The highest BCUT2D eigenvalue weighted by Gasteiger charge is 2.32. The van der Waals surface area contributed by atoms with Crippen LogP contribution in [0.25, 0.3) is 0 Å². The van der Waals surface area contributed by atoms with Crippen LogP contribution in [0.1, 0.15) is 26.3 Å².